The van der Waals surface area contributed by atoms with Crippen LogP contribution in [0.4, 0.5) is 0 Å². The van der Waals surface area contributed by atoms with E-state index in [-0.39, 0.29) is 40.2 Å². The summed E-state index contributed by atoms with van der Waals surface area (Å²) >= 11 is 0. The molecular formula is C39H52N4O6S. The van der Waals surface area contributed by atoms with Gasteiger partial charge >= 0.3 is 10.2 Å². The van der Waals surface area contributed by atoms with Gasteiger partial charge in [-0.05, 0) is 90.3 Å². The van der Waals surface area contributed by atoms with Gasteiger partial charge in [0.1, 0.15) is 5.75 Å². The number of hydrogen-bond acceptors (Lipinski definition) is 6. The Morgan fingerprint density at radius 2 is 1.74 bits per heavy atom. The van der Waals surface area contributed by atoms with Crippen molar-refractivity contribution in [2.75, 3.05) is 21.2 Å². The molecule has 0 saturated heterocycles. The Kier molecular flexibility index (Phi) is 8.66. The van der Waals surface area contributed by atoms with Gasteiger partial charge in [-0.3, -0.25) is 9.59 Å². The summed E-state index contributed by atoms with van der Waals surface area (Å²) in [5.74, 6) is -0.284. The van der Waals surface area contributed by atoms with E-state index < -0.39 is 28.1 Å². The number of amides is 2. The second kappa shape index (κ2) is 12.4. The molecule has 11 heteroatoms. The predicted octanol–water partition coefficient (Wildman–Crippen LogP) is 5.94. The summed E-state index contributed by atoms with van der Waals surface area (Å²) in [6, 6.07) is 11.2. The second-order valence-corrected chi connectivity index (χ2v) is 18.2. The summed E-state index contributed by atoms with van der Waals surface area (Å²) in [6.45, 7) is 9.06. The van der Waals surface area contributed by atoms with Crippen molar-refractivity contribution in [3.8, 4) is 17.0 Å². The summed E-state index contributed by atoms with van der Waals surface area (Å²) < 4.78 is 36.3. The number of ether oxygens (including phenoxy) is 1. The van der Waals surface area contributed by atoms with Gasteiger partial charge in [-0.25, -0.2) is 4.72 Å². The zero-order valence-electron chi connectivity index (χ0n) is 30.4. The van der Waals surface area contributed by atoms with Crippen LogP contribution in [0.25, 0.3) is 22.2 Å². The standard InChI is InChI=1S/C39H52N4O6S/c1-22-28-20-25(49-7)14-16-26(28)34-32(23-11-9-8-10-12-23)27-15-13-24(36(45)41-50(47,48)42(5)6)19-31(27)43(34)21-29(22)37(46)40-33-30-17-18-39(4,35(33)44)38(30,2)3/h13-16,19-20,22-23,29-30,33,35,44H,8-12,17-18,21H2,1-7H3,(H,40,46)(H,41,45)/t22-,29?,30?,33+,35+,39?/m0/s1. The number of fused-ring (bicyclic) bond motifs is 7. The lowest BCUT2D eigenvalue weighted by Gasteiger charge is -2.37. The molecule has 270 valence electrons. The summed E-state index contributed by atoms with van der Waals surface area (Å²) in [4.78, 5) is 28.1. The van der Waals surface area contributed by atoms with Crippen LogP contribution >= 0.6 is 0 Å². The van der Waals surface area contributed by atoms with Crippen molar-refractivity contribution < 1.29 is 27.9 Å². The smallest absolute Gasteiger partial charge is 0.303 e. The van der Waals surface area contributed by atoms with Gasteiger partial charge in [0, 0.05) is 48.1 Å². The highest BCUT2D eigenvalue weighted by Gasteiger charge is 2.66. The maximum atomic E-state index is 14.7. The number of carbonyl (C=O) groups is 2. The zero-order valence-corrected chi connectivity index (χ0v) is 31.2. The fraction of sp³-hybridized carbons (Fsp3) is 0.590. The van der Waals surface area contributed by atoms with Gasteiger partial charge in [0.25, 0.3) is 5.91 Å². The van der Waals surface area contributed by atoms with Crippen LogP contribution in [0.3, 0.4) is 0 Å². The van der Waals surface area contributed by atoms with E-state index in [9.17, 15) is 23.1 Å². The fourth-order valence-corrected chi connectivity index (χ4v) is 10.5. The molecule has 6 atom stereocenters. The minimum Gasteiger partial charge on any atom is -0.497 e. The van der Waals surface area contributed by atoms with Crippen molar-refractivity contribution in [2.45, 2.75) is 103 Å². The lowest BCUT2D eigenvalue weighted by atomic mass is 9.70. The Bertz CT molecular complexity index is 1960. The third kappa shape index (κ3) is 5.29. The van der Waals surface area contributed by atoms with Gasteiger partial charge in [0.05, 0.1) is 30.9 Å². The van der Waals surface area contributed by atoms with Crippen LogP contribution < -0.4 is 14.8 Å². The summed E-state index contributed by atoms with van der Waals surface area (Å²) in [5.41, 5.74) is 5.02. The van der Waals surface area contributed by atoms with Crippen molar-refractivity contribution in [3.63, 3.8) is 0 Å². The van der Waals surface area contributed by atoms with Crippen molar-refractivity contribution in [1.29, 1.82) is 0 Å². The predicted molar refractivity (Wildman–Crippen MR) is 194 cm³/mol. The lowest BCUT2D eigenvalue weighted by Crippen LogP contribution is -2.51. The number of carbonyl (C=O) groups excluding carboxylic acids is 2. The summed E-state index contributed by atoms with van der Waals surface area (Å²) in [7, 11) is 0.400. The maximum Gasteiger partial charge on any atom is 0.303 e. The summed E-state index contributed by atoms with van der Waals surface area (Å²) in [5, 5.41) is 16.0. The van der Waals surface area contributed by atoms with Gasteiger partial charge in [-0.1, -0.05) is 53.0 Å². The monoisotopic (exact) mass is 704 g/mol. The minimum atomic E-state index is -4.00. The molecule has 4 aliphatic rings. The average Bonchev–Trinajstić information content (AvgIpc) is 3.54. The van der Waals surface area contributed by atoms with E-state index >= 15 is 0 Å². The maximum absolute atomic E-state index is 14.7. The Morgan fingerprint density at radius 1 is 1.02 bits per heavy atom. The number of hydrogen-bond donors (Lipinski definition) is 3. The first-order valence-corrected chi connectivity index (χ1v) is 19.6. The van der Waals surface area contributed by atoms with E-state index in [1.54, 1.807) is 19.2 Å². The first-order valence-electron chi connectivity index (χ1n) is 18.2. The van der Waals surface area contributed by atoms with Gasteiger partial charge < -0.3 is 19.7 Å². The molecule has 3 aromatic rings. The van der Waals surface area contributed by atoms with Crippen LogP contribution in [0, 0.1) is 22.7 Å². The minimum absolute atomic E-state index is 0.0952. The number of rotatable bonds is 7. The van der Waals surface area contributed by atoms with Crippen LogP contribution in [0.1, 0.15) is 106 Å². The number of nitrogens with one attached hydrogen (secondary N) is 2. The molecule has 1 aliphatic heterocycles. The van der Waals surface area contributed by atoms with E-state index in [4.69, 9.17) is 4.74 Å². The highest BCUT2D eigenvalue weighted by molar-refractivity contribution is 7.87. The number of benzene rings is 2. The van der Waals surface area contributed by atoms with Crippen LogP contribution in [0.5, 0.6) is 5.75 Å². The fourth-order valence-electron chi connectivity index (χ4n) is 10.00. The van der Waals surface area contributed by atoms with Crippen LogP contribution in [0.15, 0.2) is 36.4 Å². The number of nitrogens with zero attached hydrogens (tertiary/aromatic N) is 2. The molecule has 7 rings (SSSR count). The van der Waals surface area contributed by atoms with Gasteiger partial charge in [0.2, 0.25) is 5.91 Å². The third-order valence-electron chi connectivity index (χ3n) is 13.5. The number of methoxy groups -OCH3 is 1. The molecule has 3 N–H and O–H groups in total. The van der Waals surface area contributed by atoms with E-state index in [1.807, 2.05) is 12.1 Å². The molecule has 3 saturated carbocycles. The van der Waals surface area contributed by atoms with Gasteiger partial charge in [-0.15, -0.1) is 0 Å². The molecule has 2 aromatic carbocycles. The largest absolute Gasteiger partial charge is 0.497 e. The quantitative estimate of drug-likeness (QED) is 0.280. The van der Waals surface area contributed by atoms with Crippen LogP contribution in [0.2, 0.25) is 0 Å². The molecule has 10 nitrogen and oxygen atoms in total. The number of aliphatic hydroxyl groups is 1. The molecule has 0 radical (unpaired) electrons. The Morgan fingerprint density at radius 3 is 2.38 bits per heavy atom. The van der Waals surface area contributed by atoms with Crippen LogP contribution in [-0.2, 0) is 21.5 Å². The van der Waals surface area contributed by atoms with E-state index in [1.165, 1.54) is 26.1 Å². The first-order chi connectivity index (χ1) is 23.6. The zero-order chi connectivity index (χ0) is 35.9. The van der Waals surface area contributed by atoms with E-state index in [0.29, 0.717) is 12.5 Å². The van der Waals surface area contributed by atoms with Crippen molar-refractivity contribution in [1.82, 2.24) is 18.9 Å². The van der Waals surface area contributed by atoms with Crippen molar-refractivity contribution in [3.05, 3.63) is 53.1 Å². The third-order valence-corrected chi connectivity index (χ3v) is 14.9. The lowest BCUT2D eigenvalue weighted by molar-refractivity contribution is -0.128. The number of aliphatic hydroxyl groups excluding tert-OH is 1. The van der Waals surface area contributed by atoms with Crippen molar-refractivity contribution in [2.24, 2.45) is 22.7 Å². The highest BCUT2D eigenvalue weighted by atomic mass is 32.2. The molecule has 50 heavy (non-hydrogen) atoms. The van der Waals surface area contributed by atoms with Gasteiger partial charge in [0.15, 0.2) is 0 Å². The normalized spacial score (nSPS) is 29.0. The molecule has 3 fully saturated rings. The molecule has 2 amide bonds. The highest BCUT2D eigenvalue weighted by Crippen LogP contribution is 2.65. The molecule has 2 bridgehead atoms. The average molecular weight is 705 g/mol. The Hall–Kier alpha value is -3.41. The first kappa shape index (κ1) is 35.0. The van der Waals surface area contributed by atoms with E-state index in [2.05, 4.69) is 54.4 Å². The summed E-state index contributed by atoms with van der Waals surface area (Å²) in [6.07, 6.45) is 6.86. The van der Waals surface area contributed by atoms with E-state index in [0.717, 1.165) is 76.3 Å². The number of aromatic nitrogens is 1. The molecule has 2 heterocycles. The molecule has 3 aliphatic carbocycles. The van der Waals surface area contributed by atoms with Gasteiger partial charge in [-0.2, -0.15) is 12.7 Å². The molecule has 3 unspecified atom stereocenters. The topological polar surface area (TPSA) is 130 Å². The molecular weight excluding hydrogens is 653 g/mol. The SMILES string of the molecule is COc1ccc2c(c1)[C@H](C)C(C(=O)N[C@@H]1C3CCC(C)([C@@H]1O)C3(C)C)Cn1c-2c(C2CCCCC2)c2ccc(C(=O)NS(=O)(=O)N(C)C)cc21. The Balaban J connectivity index is 1.38. The van der Waals surface area contributed by atoms with Crippen molar-refractivity contribution >= 4 is 32.9 Å². The van der Waals surface area contributed by atoms with Crippen LogP contribution in [-0.4, -0.2) is 67.6 Å². The molecule has 0 spiro atoms. The Labute approximate surface area is 296 Å². The molecule has 1 aromatic heterocycles. The second-order valence-electron chi connectivity index (χ2n) is 16.3.